The third kappa shape index (κ3) is 3.64. The lowest BCUT2D eigenvalue weighted by molar-refractivity contribution is 0.0638. The van der Waals surface area contributed by atoms with E-state index in [9.17, 15) is 4.79 Å². The molecule has 0 unspecified atom stereocenters. The maximum absolute atomic E-state index is 13.0. The highest BCUT2D eigenvalue weighted by atomic mass is 16.2. The minimum Gasteiger partial charge on any atom is -0.354 e. The molecule has 1 amide bonds. The Morgan fingerprint density at radius 2 is 1.52 bits per heavy atom. The summed E-state index contributed by atoms with van der Waals surface area (Å²) in [6, 6.07) is 24.9. The van der Waals surface area contributed by atoms with Gasteiger partial charge in [-0.2, -0.15) is 0 Å². The first-order valence-electron chi connectivity index (χ1n) is 10.3. The molecule has 0 bridgehead atoms. The molecule has 4 nitrogen and oxygen atoms in total. The van der Waals surface area contributed by atoms with Gasteiger partial charge >= 0.3 is 0 Å². The van der Waals surface area contributed by atoms with Gasteiger partial charge in [0.2, 0.25) is 0 Å². The summed E-state index contributed by atoms with van der Waals surface area (Å²) in [6.07, 6.45) is 1.06. The highest BCUT2D eigenvalue weighted by Gasteiger charge is 2.22. The molecule has 5 rings (SSSR count). The normalized spacial score (nSPS) is 15.2. The molecule has 0 aliphatic carbocycles. The van der Waals surface area contributed by atoms with Crippen molar-refractivity contribution in [3.05, 3.63) is 83.9 Å². The van der Waals surface area contributed by atoms with E-state index in [1.165, 1.54) is 16.3 Å². The fraction of sp³-hybridized carbons (Fsp3) is 0.240. The van der Waals surface area contributed by atoms with E-state index in [4.69, 9.17) is 0 Å². The molecule has 1 saturated heterocycles. The highest BCUT2D eigenvalue weighted by Crippen LogP contribution is 2.26. The number of carbonyl (C=O) groups is 1. The first-order chi connectivity index (χ1) is 14.3. The van der Waals surface area contributed by atoms with Crippen molar-refractivity contribution in [3.8, 4) is 0 Å². The zero-order valence-corrected chi connectivity index (χ0v) is 16.5. The Bertz CT molecular complexity index is 1140. The van der Waals surface area contributed by atoms with Crippen molar-refractivity contribution in [2.24, 2.45) is 0 Å². The molecule has 0 spiro atoms. The van der Waals surface area contributed by atoms with Crippen LogP contribution in [0.1, 0.15) is 15.9 Å². The van der Waals surface area contributed by atoms with E-state index in [1.54, 1.807) is 0 Å². The monoisotopic (exact) mass is 383 g/mol. The van der Waals surface area contributed by atoms with Gasteiger partial charge in [-0.3, -0.25) is 9.69 Å². The second-order valence-corrected chi connectivity index (χ2v) is 7.80. The minimum absolute atomic E-state index is 0.133. The number of rotatable bonds is 4. The van der Waals surface area contributed by atoms with E-state index in [0.717, 1.165) is 55.7 Å². The Kier molecular flexibility index (Phi) is 4.78. The zero-order valence-electron chi connectivity index (χ0n) is 16.5. The van der Waals surface area contributed by atoms with Gasteiger partial charge in [-0.05, 0) is 30.2 Å². The lowest BCUT2D eigenvalue weighted by Crippen LogP contribution is -2.49. The van der Waals surface area contributed by atoms with Crippen molar-refractivity contribution in [1.82, 2.24) is 14.8 Å². The van der Waals surface area contributed by atoms with Crippen LogP contribution in [0.2, 0.25) is 0 Å². The molecule has 1 N–H and O–H groups in total. The Hall–Kier alpha value is -3.11. The zero-order chi connectivity index (χ0) is 19.6. The van der Waals surface area contributed by atoms with Crippen LogP contribution < -0.4 is 0 Å². The maximum atomic E-state index is 13.0. The second kappa shape index (κ2) is 7.72. The summed E-state index contributed by atoms with van der Waals surface area (Å²) in [5.41, 5.74) is 4.28. The number of nitrogens with one attached hydrogen (secondary N) is 1. The number of carbonyl (C=O) groups excluding carboxylic acids is 1. The molecule has 1 aliphatic rings. The molecule has 4 aromatic rings. The summed E-state index contributed by atoms with van der Waals surface area (Å²) in [4.78, 5) is 20.9. The Balaban J connectivity index is 1.24. The van der Waals surface area contributed by atoms with Gasteiger partial charge in [0.25, 0.3) is 5.91 Å². The van der Waals surface area contributed by atoms with Gasteiger partial charge in [0.15, 0.2) is 0 Å². The Morgan fingerprint density at radius 3 is 2.34 bits per heavy atom. The average molecular weight is 383 g/mol. The van der Waals surface area contributed by atoms with Crippen LogP contribution >= 0.6 is 0 Å². The van der Waals surface area contributed by atoms with Crippen LogP contribution in [0.25, 0.3) is 21.8 Å². The van der Waals surface area contributed by atoms with E-state index in [2.05, 4.69) is 58.4 Å². The first kappa shape index (κ1) is 18.0. The Labute approximate surface area is 170 Å². The van der Waals surface area contributed by atoms with Crippen LogP contribution in [-0.2, 0) is 6.42 Å². The number of aromatic amines is 1. The number of hydrogen-bond acceptors (Lipinski definition) is 2. The topological polar surface area (TPSA) is 39.3 Å². The summed E-state index contributed by atoms with van der Waals surface area (Å²) >= 11 is 0. The second-order valence-electron chi connectivity index (χ2n) is 7.80. The summed E-state index contributed by atoms with van der Waals surface area (Å²) in [5, 5.41) is 2.37. The van der Waals surface area contributed by atoms with Crippen LogP contribution in [0.15, 0.2) is 72.8 Å². The van der Waals surface area contributed by atoms with E-state index < -0.39 is 0 Å². The van der Waals surface area contributed by atoms with Crippen molar-refractivity contribution >= 4 is 27.7 Å². The number of fused-ring (bicyclic) bond motifs is 3. The van der Waals surface area contributed by atoms with Crippen LogP contribution in [0, 0.1) is 0 Å². The number of nitrogens with zero attached hydrogens (tertiary/aromatic N) is 2. The van der Waals surface area contributed by atoms with E-state index in [1.807, 2.05) is 29.2 Å². The number of para-hydroxylation sites is 1. The molecule has 146 valence electrons. The van der Waals surface area contributed by atoms with Crippen LogP contribution in [0.3, 0.4) is 0 Å². The number of H-pyrrole nitrogens is 1. The molecular weight excluding hydrogens is 358 g/mol. The van der Waals surface area contributed by atoms with Gasteiger partial charge in [0.1, 0.15) is 0 Å². The largest absolute Gasteiger partial charge is 0.354 e. The summed E-state index contributed by atoms with van der Waals surface area (Å²) in [5.74, 6) is 0.133. The fourth-order valence-corrected chi connectivity index (χ4v) is 4.28. The minimum atomic E-state index is 0.133. The van der Waals surface area contributed by atoms with Crippen molar-refractivity contribution in [3.63, 3.8) is 0 Å². The fourth-order valence-electron chi connectivity index (χ4n) is 4.28. The lowest BCUT2D eigenvalue weighted by Gasteiger charge is -2.34. The third-order valence-electron chi connectivity index (χ3n) is 5.97. The number of hydrogen-bond donors (Lipinski definition) is 1. The third-order valence-corrected chi connectivity index (χ3v) is 5.97. The van der Waals surface area contributed by atoms with Crippen molar-refractivity contribution in [1.29, 1.82) is 0 Å². The highest BCUT2D eigenvalue weighted by molar-refractivity contribution is 6.09. The van der Waals surface area contributed by atoms with Crippen molar-refractivity contribution in [2.45, 2.75) is 6.42 Å². The predicted octanol–water partition coefficient (Wildman–Crippen LogP) is 4.32. The van der Waals surface area contributed by atoms with E-state index in [-0.39, 0.29) is 5.91 Å². The molecule has 1 aliphatic heterocycles. The van der Waals surface area contributed by atoms with Gasteiger partial charge in [0, 0.05) is 60.1 Å². The maximum Gasteiger partial charge on any atom is 0.254 e. The summed E-state index contributed by atoms with van der Waals surface area (Å²) < 4.78 is 0. The molecule has 0 radical (unpaired) electrons. The summed E-state index contributed by atoms with van der Waals surface area (Å²) in [7, 11) is 0. The molecule has 0 saturated carbocycles. The van der Waals surface area contributed by atoms with E-state index in [0.29, 0.717) is 0 Å². The summed E-state index contributed by atoms with van der Waals surface area (Å²) in [6.45, 7) is 4.50. The Morgan fingerprint density at radius 1 is 0.793 bits per heavy atom. The molecule has 29 heavy (non-hydrogen) atoms. The van der Waals surface area contributed by atoms with E-state index >= 15 is 0 Å². The van der Waals surface area contributed by atoms with Crippen LogP contribution in [-0.4, -0.2) is 53.4 Å². The number of amides is 1. The molecular formula is C25H25N3O. The van der Waals surface area contributed by atoms with Gasteiger partial charge in [-0.15, -0.1) is 0 Å². The molecule has 3 aromatic carbocycles. The SMILES string of the molecule is O=C(c1ccc2c(c1)[nH]c1ccccc12)N1CCN(CCc2ccccc2)CC1. The number of benzene rings is 3. The molecule has 1 aromatic heterocycles. The van der Waals surface area contributed by atoms with Gasteiger partial charge in [-0.1, -0.05) is 54.6 Å². The molecule has 0 atom stereocenters. The lowest BCUT2D eigenvalue weighted by atomic mass is 10.1. The molecule has 4 heteroatoms. The molecule has 1 fully saturated rings. The first-order valence-corrected chi connectivity index (χ1v) is 10.3. The smallest absolute Gasteiger partial charge is 0.254 e. The quantitative estimate of drug-likeness (QED) is 0.570. The number of piperazine rings is 1. The van der Waals surface area contributed by atoms with Crippen LogP contribution in [0.4, 0.5) is 0 Å². The molecule has 2 heterocycles. The average Bonchev–Trinajstić information content (AvgIpc) is 3.16. The predicted molar refractivity (Wildman–Crippen MR) is 118 cm³/mol. The van der Waals surface area contributed by atoms with Crippen LogP contribution in [0.5, 0.6) is 0 Å². The van der Waals surface area contributed by atoms with Crippen molar-refractivity contribution < 1.29 is 4.79 Å². The van der Waals surface area contributed by atoms with Gasteiger partial charge in [0.05, 0.1) is 0 Å². The standard InChI is InChI=1S/C25H25N3O/c29-25(20-10-11-22-21-8-4-5-9-23(21)26-24(22)18-20)28-16-14-27(15-17-28)13-12-19-6-2-1-3-7-19/h1-11,18,26H,12-17H2. The van der Waals surface area contributed by atoms with Gasteiger partial charge in [-0.25, -0.2) is 0 Å². The number of aromatic nitrogens is 1. The van der Waals surface area contributed by atoms with Gasteiger partial charge < -0.3 is 9.88 Å². The van der Waals surface area contributed by atoms with Crippen molar-refractivity contribution in [2.75, 3.05) is 32.7 Å².